The molecule has 0 unspecified atom stereocenters. The summed E-state index contributed by atoms with van der Waals surface area (Å²) in [6, 6.07) is 15.5. The molecule has 2 aromatic carbocycles. The van der Waals surface area contributed by atoms with E-state index < -0.39 is 5.92 Å². The lowest BCUT2D eigenvalue weighted by Gasteiger charge is -2.40. The molecule has 0 saturated heterocycles. The summed E-state index contributed by atoms with van der Waals surface area (Å²) in [5, 5.41) is 0. The van der Waals surface area contributed by atoms with Gasteiger partial charge in [0.2, 0.25) is 0 Å². The van der Waals surface area contributed by atoms with Crippen molar-refractivity contribution in [3.8, 4) is 11.5 Å². The molecular weight excluding hydrogens is 393 g/mol. The number of ether oxygens (including phenoxy) is 1. The molecule has 0 N–H and O–H groups in total. The first-order valence-electron chi connectivity index (χ1n) is 11.2. The van der Waals surface area contributed by atoms with Gasteiger partial charge < -0.3 is 22.6 Å². The van der Waals surface area contributed by atoms with Gasteiger partial charge in [-0.25, -0.2) is 0 Å². The first kappa shape index (κ1) is 22.8. The van der Waals surface area contributed by atoms with Crippen LogP contribution in [0.15, 0.2) is 48.5 Å². The molecule has 0 saturated carbocycles. The molecule has 4 nitrogen and oxygen atoms in total. The Bertz CT molecular complexity index is 776. The van der Waals surface area contributed by atoms with Gasteiger partial charge in [-0.3, -0.25) is 4.79 Å². The fraction of sp³-hybridized carbons (Fsp3) is 0.480. The maximum Gasteiger partial charge on any atom is 0.286 e. The molecule has 0 radical (unpaired) electrons. The van der Waals surface area contributed by atoms with Gasteiger partial charge in [0.15, 0.2) is 0 Å². The highest BCUT2D eigenvalue weighted by molar-refractivity contribution is 7.32. The summed E-state index contributed by atoms with van der Waals surface area (Å²) in [5.74, 6) is 0.845. The van der Waals surface area contributed by atoms with Crippen LogP contribution in [-0.4, -0.2) is 42.8 Å². The molecule has 0 spiro atoms. The standard InChI is InChI=1S/C25H34NO3P/c1-4-15-26(16-5-2,17-6-3)18-19-30-29-25(27)24-20-11-7-9-13-22(20)28-23-14-10-8-12-21(23)24/h7-14,24H,4-6,15-19H2,1-3H3. The van der Waals surface area contributed by atoms with Gasteiger partial charge in [0.05, 0.1) is 26.2 Å². The van der Waals surface area contributed by atoms with Gasteiger partial charge in [-0.1, -0.05) is 63.3 Å². The van der Waals surface area contributed by atoms with Crippen LogP contribution in [0.3, 0.4) is 0 Å². The van der Waals surface area contributed by atoms with Crippen molar-refractivity contribution in [1.82, 2.24) is 0 Å². The third kappa shape index (κ3) is 5.22. The lowest BCUT2D eigenvalue weighted by atomic mass is 9.88. The highest BCUT2D eigenvalue weighted by atomic mass is 31.1. The van der Waals surface area contributed by atoms with E-state index in [4.69, 9.17) is 9.26 Å². The van der Waals surface area contributed by atoms with E-state index >= 15 is 0 Å². The van der Waals surface area contributed by atoms with Crippen molar-refractivity contribution in [2.24, 2.45) is 0 Å². The number of carbonyl (C=O) groups is 1. The number of hydrogen-bond donors (Lipinski definition) is 0. The van der Waals surface area contributed by atoms with Gasteiger partial charge in [0.25, 0.3) is 5.97 Å². The number of fused-ring (bicyclic) bond motifs is 2. The molecule has 0 aromatic heterocycles. The zero-order chi connectivity index (χ0) is 21.4. The SMILES string of the molecule is CCC[N+](CCC)(CCC)CC[P-]OC(=O)C1c2ccccc2Oc2ccccc21. The molecule has 1 aliphatic heterocycles. The summed E-state index contributed by atoms with van der Waals surface area (Å²) in [7, 11) is 0.748. The predicted molar refractivity (Wildman–Crippen MR) is 123 cm³/mol. The van der Waals surface area contributed by atoms with E-state index in [1.807, 2.05) is 48.5 Å². The zero-order valence-corrected chi connectivity index (χ0v) is 19.4. The third-order valence-electron chi connectivity index (χ3n) is 5.83. The molecule has 30 heavy (non-hydrogen) atoms. The number of hydrogen-bond acceptors (Lipinski definition) is 3. The Morgan fingerprint density at radius 1 is 0.867 bits per heavy atom. The van der Waals surface area contributed by atoms with Gasteiger partial charge >= 0.3 is 0 Å². The second-order valence-electron chi connectivity index (χ2n) is 8.11. The Morgan fingerprint density at radius 3 is 1.87 bits per heavy atom. The molecule has 1 heterocycles. The van der Waals surface area contributed by atoms with E-state index in [0.717, 1.165) is 48.6 Å². The minimum atomic E-state index is -0.431. The van der Waals surface area contributed by atoms with Crippen LogP contribution in [-0.2, 0) is 9.32 Å². The minimum Gasteiger partial charge on any atom is -0.644 e. The zero-order valence-electron chi connectivity index (χ0n) is 18.5. The number of rotatable bonds is 11. The van der Waals surface area contributed by atoms with Crippen molar-refractivity contribution in [3.63, 3.8) is 0 Å². The summed E-state index contributed by atoms with van der Waals surface area (Å²) >= 11 is 0. The summed E-state index contributed by atoms with van der Waals surface area (Å²) in [4.78, 5) is 13.1. The quantitative estimate of drug-likeness (QED) is 0.237. The van der Waals surface area contributed by atoms with Crippen LogP contribution in [0.2, 0.25) is 0 Å². The molecule has 0 atom stereocenters. The van der Waals surface area contributed by atoms with Gasteiger partial charge in [-0.2, -0.15) is 0 Å². The number of benzene rings is 2. The lowest BCUT2D eigenvalue weighted by Crippen LogP contribution is -2.51. The summed E-state index contributed by atoms with van der Waals surface area (Å²) < 4.78 is 12.9. The van der Waals surface area contributed by atoms with E-state index in [0.29, 0.717) is 0 Å². The molecule has 0 bridgehead atoms. The molecule has 3 rings (SSSR count). The first-order chi connectivity index (χ1) is 14.6. The fourth-order valence-corrected chi connectivity index (χ4v) is 5.50. The van der Waals surface area contributed by atoms with Crippen LogP contribution in [0.5, 0.6) is 11.5 Å². The molecule has 5 heteroatoms. The normalized spacial score (nSPS) is 13.7. The molecule has 0 aliphatic carbocycles. The molecule has 0 fully saturated rings. The Hall–Kier alpha value is -1.90. The summed E-state index contributed by atoms with van der Waals surface area (Å²) in [6.07, 6.45) is 4.43. The van der Waals surface area contributed by atoms with E-state index in [2.05, 4.69) is 20.8 Å². The number of quaternary nitrogens is 1. The van der Waals surface area contributed by atoms with Crippen LogP contribution in [0.4, 0.5) is 0 Å². The number of carbonyl (C=O) groups excluding carboxylic acids is 1. The van der Waals surface area contributed by atoms with Crippen LogP contribution in [0.25, 0.3) is 0 Å². The number of para-hydroxylation sites is 2. The van der Waals surface area contributed by atoms with Crippen molar-refractivity contribution in [2.75, 3.05) is 32.3 Å². The summed E-state index contributed by atoms with van der Waals surface area (Å²) in [5.41, 5.74) is 1.76. The van der Waals surface area contributed by atoms with Crippen LogP contribution in [0, 0.1) is 0 Å². The van der Waals surface area contributed by atoms with E-state index in [9.17, 15) is 4.79 Å². The minimum absolute atomic E-state index is 0.195. The predicted octanol–water partition coefficient (Wildman–Crippen LogP) is 6.38. The highest BCUT2D eigenvalue weighted by Crippen LogP contribution is 2.45. The molecule has 2 aromatic rings. The van der Waals surface area contributed by atoms with Crippen molar-refractivity contribution in [3.05, 3.63) is 59.7 Å². The van der Waals surface area contributed by atoms with Gasteiger partial charge in [0.1, 0.15) is 17.4 Å². The van der Waals surface area contributed by atoms with E-state index in [1.54, 1.807) is 0 Å². The highest BCUT2D eigenvalue weighted by Gasteiger charge is 2.32. The van der Waals surface area contributed by atoms with Crippen molar-refractivity contribution in [2.45, 2.75) is 46.0 Å². The largest absolute Gasteiger partial charge is 0.644 e. The lowest BCUT2D eigenvalue weighted by molar-refractivity contribution is -0.926. The second-order valence-corrected chi connectivity index (χ2v) is 9.00. The van der Waals surface area contributed by atoms with Gasteiger partial charge in [-0.05, 0) is 31.4 Å². The average molecular weight is 428 g/mol. The van der Waals surface area contributed by atoms with Crippen LogP contribution < -0.4 is 4.74 Å². The van der Waals surface area contributed by atoms with Gasteiger partial charge in [0, 0.05) is 11.1 Å². The molecule has 162 valence electrons. The molecular formula is C25H34NO3P. The van der Waals surface area contributed by atoms with Crippen molar-refractivity contribution in [1.29, 1.82) is 0 Å². The molecule has 1 aliphatic rings. The van der Waals surface area contributed by atoms with Gasteiger partial charge in [-0.15, -0.1) is 0 Å². The smallest absolute Gasteiger partial charge is 0.286 e. The monoisotopic (exact) mass is 427 g/mol. The Morgan fingerprint density at radius 2 is 1.37 bits per heavy atom. The molecule has 0 amide bonds. The first-order valence-corrected chi connectivity index (χ1v) is 12.2. The third-order valence-corrected chi connectivity index (χ3v) is 6.52. The van der Waals surface area contributed by atoms with Crippen LogP contribution in [0.1, 0.15) is 57.1 Å². The Kier molecular flexibility index (Phi) is 8.30. The average Bonchev–Trinajstić information content (AvgIpc) is 2.75. The topological polar surface area (TPSA) is 35.5 Å². The number of nitrogens with zero attached hydrogens (tertiary/aromatic N) is 1. The van der Waals surface area contributed by atoms with E-state index in [1.165, 1.54) is 38.9 Å². The Labute approximate surface area is 183 Å². The maximum atomic E-state index is 13.1. The fourth-order valence-electron chi connectivity index (χ4n) is 4.67. The van der Waals surface area contributed by atoms with Crippen LogP contribution >= 0.6 is 8.81 Å². The second kappa shape index (κ2) is 10.9. The van der Waals surface area contributed by atoms with Crippen molar-refractivity contribution < 1.29 is 18.5 Å². The maximum absolute atomic E-state index is 13.1. The summed E-state index contributed by atoms with van der Waals surface area (Å²) in [6.45, 7) is 11.4. The Balaban J connectivity index is 1.67. The van der Waals surface area contributed by atoms with Crippen molar-refractivity contribution >= 4 is 14.8 Å². The van der Waals surface area contributed by atoms with E-state index in [-0.39, 0.29) is 5.97 Å².